The summed E-state index contributed by atoms with van der Waals surface area (Å²) >= 11 is 0. The number of ether oxygens (including phenoxy) is 1. The molecule has 1 fully saturated rings. The van der Waals surface area contributed by atoms with Gasteiger partial charge >= 0.3 is 6.09 Å². The number of nitrogens with zero attached hydrogens (tertiary/aromatic N) is 3. The van der Waals surface area contributed by atoms with Gasteiger partial charge in [0.25, 0.3) is 0 Å². The van der Waals surface area contributed by atoms with Crippen molar-refractivity contribution >= 4 is 11.9 Å². The van der Waals surface area contributed by atoms with Crippen molar-refractivity contribution in [2.45, 2.75) is 13.8 Å². The molecule has 0 atom stereocenters. The van der Waals surface area contributed by atoms with Gasteiger partial charge in [-0.15, -0.1) is 0 Å². The number of piperazine rings is 1. The third kappa shape index (κ3) is 2.91. The van der Waals surface area contributed by atoms with Crippen molar-refractivity contribution in [3.05, 3.63) is 23.9 Å². The molecule has 1 saturated heterocycles. The van der Waals surface area contributed by atoms with Gasteiger partial charge in [-0.1, -0.05) is 6.07 Å². The van der Waals surface area contributed by atoms with Crippen molar-refractivity contribution in [1.29, 1.82) is 0 Å². The summed E-state index contributed by atoms with van der Waals surface area (Å²) < 4.78 is 4.99. The molecule has 0 bridgehead atoms. The summed E-state index contributed by atoms with van der Waals surface area (Å²) in [5.74, 6) is 0.985. The van der Waals surface area contributed by atoms with E-state index >= 15 is 0 Å². The van der Waals surface area contributed by atoms with Crippen LogP contribution in [0.15, 0.2) is 18.2 Å². The number of hydrogen-bond donors (Lipinski definition) is 0. The number of rotatable bonds is 2. The van der Waals surface area contributed by atoms with Gasteiger partial charge in [0.15, 0.2) is 0 Å². The first-order valence-corrected chi connectivity index (χ1v) is 6.31. The predicted octanol–water partition coefficient (Wildman–Crippen LogP) is 1.67. The zero-order chi connectivity index (χ0) is 13.0. The van der Waals surface area contributed by atoms with Crippen molar-refractivity contribution in [3.8, 4) is 0 Å². The lowest BCUT2D eigenvalue weighted by atomic mass is 10.3. The Bertz CT molecular complexity index is 414. The molecule has 1 aliphatic heterocycles. The molecule has 1 amide bonds. The summed E-state index contributed by atoms with van der Waals surface area (Å²) in [5.41, 5.74) is 1.01. The molecule has 1 aromatic heterocycles. The molecule has 18 heavy (non-hydrogen) atoms. The van der Waals surface area contributed by atoms with E-state index < -0.39 is 0 Å². The average Bonchev–Trinajstić information content (AvgIpc) is 2.39. The van der Waals surface area contributed by atoms with Crippen molar-refractivity contribution < 1.29 is 9.53 Å². The molecular weight excluding hydrogens is 230 g/mol. The minimum atomic E-state index is -0.214. The van der Waals surface area contributed by atoms with Crippen LogP contribution in [0, 0.1) is 6.92 Å². The fourth-order valence-corrected chi connectivity index (χ4v) is 2.04. The number of anilines is 1. The normalized spacial score (nSPS) is 15.7. The predicted molar refractivity (Wildman–Crippen MR) is 69.8 cm³/mol. The van der Waals surface area contributed by atoms with Crippen molar-refractivity contribution in [2.24, 2.45) is 0 Å². The molecule has 2 heterocycles. The Balaban J connectivity index is 1.92. The van der Waals surface area contributed by atoms with Crippen LogP contribution in [0.1, 0.15) is 12.6 Å². The molecule has 0 N–H and O–H groups in total. The molecule has 5 nitrogen and oxygen atoms in total. The quantitative estimate of drug-likeness (QED) is 0.800. The molecule has 5 heteroatoms. The minimum Gasteiger partial charge on any atom is -0.450 e. The maximum atomic E-state index is 11.6. The number of carbonyl (C=O) groups excluding carboxylic acids is 1. The Morgan fingerprint density at radius 2 is 2.06 bits per heavy atom. The summed E-state index contributed by atoms with van der Waals surface area (Å²) in [6.07, 6.45) is -0.214. The summed E-state index contributed by atoms with van der Waals surface area (Å²) in [5, 5.41) is 0. The van der Waals surface area contributed by atoms with Crippen molar-refractivity contribution in [1.82, 2.24) is 9.88 Å². The molecule has 0 radical (unpaired) electrons. The second-order valence-electron chi connectivity index (χ2n) is 4.31. The van der Waals surface area contributed by atoms with E-state index in [9.17, 15) is 4.79 Å². The first-order chi connectivity index (χ1) is 8.70. The Morgan fingerprint density at radius 1 is 1.33 bits per heavy atom. The van der Waals surface area contributed by atoms with Gasteiger partial charge in [-0.2, -0.15) is 0 Å². The third-order valence-corrected chi connectivity index (χ3v) is 3.00. The second-order valence-corrected chi connectivity index (χ2v) is 4.31. The topological polar surface area (TPSA) is 45.7 Å². The number of pyridine rings is 1. The highest BCUT2D eigenvalue weighted by Gasteiger charge is 2.22. The van der Waals surface area contributed by atoms with Crippen LogP contribution in [0.2, 0.25) is 0 Å². The minimum absolute atomic E-state index is 0.214. The van der Waals surface area contributed by atoms with E-state index in [4.69, 9.17) is 4.74 Å². The molecule has 2 rings (SSSR count). The van der Waals surface area contributed by atoms with Gasteiger partial charge in [0.05, 0.1) is 6.61 Å². The van der Waals surface area contributed by atoms with E-state index in [2.05, 4.69) is 9.88 Å². The van der Waals surface area contributed by atoms with Crippen LogP contribution in [-0.2, 0) is 4.74 Å². The van der Waals surface area contributed by atoms with Crippen LogP contribution in [0.25, 0.3) is 0 Å². The van der Waals surface area contributed by atoms with Gasteiger partial charge in [0, 0.05) is 31.9 Å². The molecular formula is C13H19N3O2. The monoisotopic (exact) mass is 249 g/mol. The van der Waals surface area contributed by atoms with E-state index in [0.29, 0.717) is 19.7 Å². The van der Waals surface area contributed by atoms with E-state index in [-0.39, 0.29) is 6.09 Å². The van der Waals surface area contributed by atoms with E-state index in [0.717, 1.165) is 24.6 Å². The Morgan fingerprint density at radius 3 is 2.67 bits per heavy atom. The van der Waals surface area contributed by atoms with E-state index in [1.54, 1.807) is 4.90 Å². The van der Waals surface area contributed by atoms with Crippen molar-refractivity contribution in [2.75, 3.05) is 37.7 Å². The first-order valence-electron chi connectivity index (χ1n) is 6.31. The largest absolute Gasteiger partial charge is 0.450 e. The molecule has 0 saturated carbocycles. The first kappa shape index (κ1) is 12.7. The molecule has 0 spiro atoms. The molecule has 0 aromatic carbocycles. The average molecular weight is 249 g/mol. The smallest absolute Gasteiger partial charge is 0.409 e. The lowest BCUT2D eigenvalue weighted by Crippen LogP contribution is -2.49. The number of amides is 1. The standard InChI is InChI=1S/C13H19N3O2/c1-3-18-13(17)16-9-7-15(8-10-16)12-6-4-5-11(2)14-12/h4-6H,3,7-10H2,1-2H3. The fourth-order valence-electron chi connectivity index (χ4n) is 2.04. The number of aryl methyl sites for hydroxylation is 1. The zero-order valence-corrected chi connectivity index (χ0v) is 10.9. The highest BCUT2D eigenvalue weighted by atomic mass is 16.6. The van der Waals surface area contributed by atoms with Crippen LogP contribution in [0.4, 0.5) is 10.6 Å². The lowest BCUT2D eigenvalue weighted by Gasteiger charge is -2.34. The maximum absolute atomic E-state index is 11.6. The van der Waals surface area contributed by atoms with Crippen LogP contribution >= 0.6 is 0 Å². The van der Waals surface area contributed by atoms with Crippen LogP contribution in [-0.4, -0.2) is 48.8 Å². The summed E-state index contributed by atoms with van der Waals surface area (Å²) in [7, 11) is 0. The van der Waals surface area contributed by atoms with Gasteiger partial charge in [0.1, 0.15) is 5.82 Å². The molecule has 0 unspecified atom stereocenters. The Kier molecular flexibility index (Phi) is 4.02. The van der Waals surface area contributed by atoms with E-state index in [1.165, 1.54) is 0 Å². The summed E-state index contributed by atoms with van der Waals surface area (Å²) in [6.45, 7) is 7.22. The Hall–Kier alpha value is -1.78. The molecule has 1 aromatic rings. The van der Waals surface area contributed by atoms with Gasteiger partial charge in [-0.3, -0.25) is 0 Å². The molecule has 98 valence electrons. The highest BCUT2D eigenvalue weighted by Crippen LogP contribution is 2.14. The number of aromatic nitrogens is 1. The van der Waals surface area contributed by atoms with Crippen LogP contribution < -0.4 is 4.90 Å². The number of hydrogen-bond acceptors (Lipinski definition) is 4. The third-order valence-electron chi connectivity index (χ3n) is 3.00. The maximum Gasteiger partial charge on any atom is 0.409 e. The summed E-state index contributed by atoms with van der Waals surface area (Å²) in [4.78, 5) is 20.0. The lowest BCUT2D eigenvalue weighted by molar-refractivity contribution is 0.105. The van der Waals surface area contributed by atoms with Gasteiger partial charge in [-0.05, 0) is 26.0 Å². The van der Waals surface area contributed by atoms with Crippen LogP contribution in [0.5, 0.6) is 0 Å². The van der Waals surface area contributed by atoms with Crippen LogP contribution in [0.3, 0.4) is 0 Å². The highest BCUT2D eigenvalue weighted by molar-refractivity contribution is 5.68. The van der Waals surface area contributed by atoms with Gasteiger partial charge in [-0.25, -0.2) is 9.78 Å². The number of carbonyl (C=O) groups is 1. The summed E-state index contributed by atoms with van der Waals surface area (Å²) in [6, 6.07) is 6.00. The second kappa shape index (κ2) is 5.71. The van der Waals surface area contributed by atoms with Crippen molar-refractivity contribution in [3.63, 3.8) is 0 Å². The fraction of sp³-hybridized carbons (Fsp3) is 0.538. The SMILES string of the molecule is CCOC(=O)N1CCN(c2cccc(C)n2)CC1. The molecule has 1 aliphatic rings. The molecule has 0 aliphatic carbocycles. The Labute approximate surface area is 107 Å². The van der Waals surface area contributed by atoms with Gasteiger partial charge in [0.2, 0.25) is 0 Å². The zero-order valence-electron chi connectivity index (χ0n) is 10.9. The van der Waals surface area contributed by atoms with E-state index in [1.807, 2.05) is 32.0 Å². The van der Waals surface area contributed by atoms with Gasteiger partial charge < -0.3 is 14.5 Å².